The molecular formula is C16H23NO3. The highest BCUT2D eigenvalue weighted by Gasteiger charge is 2.28. The van der Waals surface area contributed by atoms with Gasteiger partial charge in [-0.15, -0.1) is 0 Å². The predicted octanol–water partition coefficient (Wildman–Crippen LogP) is 3.13. The van der Waals surface area contributed by atoms with Crippen molar-refractivity contribution in [2.24, 2.45) is 0 Å². The quantitative estimate of drug-likeness (QED) is 0.899. The van der Waals surface area contributed by atoms with Crippen LogP contribution in [0.5, 0.6) is 0 Å². The molecule has 1 unspecified atom stereocenters. The number of carboxylic acids is 1. The van der Waals surface area contributed by atoms with Crippen molar-refractivity contribution in [3.8, 4) is 0 Å². The maximum Gasteiger partial charge on any atom is 0.326 e. The Hall–Kier alpha value is -1.84. The lowest BCUT2D eigenvalue weighted by atomic mass is 10.0. The fraction of sp³-hybridized carbons (Fsp3) is 0.500. The number of hydrogen-bond donors (Lipinski definition) is 1. The molecule has 1 rings (SSSR count). The number of hydrogen-bond acceptors (Lipinski definition) is 2. The van der Waals surface area contributed by atoms with Crippen molar-refractivity contribution in [3.63, 3.8) is 0 Å². The number of nitrogens with zero attached hydrogens (tertiary/aromatic N) is 1. The van der Waals surface area contributed by atoms with Gasteiger partial charge in [-0.1, -0.05) is 26.0 Å². The number of rotatable bonds is 5. The molecule has 0 radical (unpaired) electrons. The zero-order valence-corrected chi connectivity index (χ0v) is 12.8. The molecule has 0 heterocycles. The van der Waals surface area contributed by atoms with Crippen LogP contribution in [-0.2, 0) is 4.79 Å². The molecule has 4 heteroatoms. The highest BCUT2D eigenvalue weighted by atomic mass is 16.4. The molecule has 20 heavy (non-hydrogen) atoms. The molecular weight excluding hydrogens is 254 g/mol. The van der Waals surface area contributed by atoms with E-state index >= 15 is 0 Å². The summed E-state index contributed by atoms with van der Waals surface area (Å²) in [5.74, 6) is -0.839. The molecule has 1 N–H and O–H groups in total. The van der Waals surface area contributed by atoms with E-state index in [1.54, 1.807) is 12.1 Å². The van der Waals surface area contributed by atoms with Crippen LogP contribution in [0.4, 0.5) is 0 Å². The third kappa shape index (κ3) is 3.59. The summed E-state index contributed by atoms with van der Waals surface area (Å²) in [6.07, 6.45) is 0. The van der Waals surface area contributed by atoms with Crippen molar-refractivity contribution in [3.05, 3.63) is 35.4 Å². The van der Waals surface area contributed by atoms with Gasteiger partial charge < -0.3 is 10.0 Å². The lowest BCUT2D eigenvalue weighted by molar-refractivity contribution is -0.142. The second kappa shape index (κ2) is 6.55. The van der Waals surface area contributed by atoms with E-state index in [1.807, 2.05) is 26.0 Å². The van der Waals surface area contributed by atoms with Gasteiger partial charge in [0, 0.05) is 11.6 Å². The Labute approximate surface area is 120 Å². The van der Waals surface area contributed by atoms with E-state index in [2.05, 4.69) is 13.8 Å². The molecule has 1 aromatic carbocycles. The van der Waals surface area contributed by atoms with Crippen LogP contribution in [0.15, 0.2) is 24.3 Å². The molecule has 0 saturated heterocycles. The van der Waals surface area contributed by atoms with Crippen LogP contribution in [-0.4, -0.2) is 34.0 Å². The minimum absolute atomic E-state index is 0.168. The lowest BCUT2D eigenvalue weighted by Crippen LogP contribution is -2.47. The number of amides is 1. The molecule has 1 amide bonds. The van der Waals surface area contributed by atoms with Gasteiger partial charge in [-0.3, -0.25) is 4.79 Å². The van der Waals surface area contributed by atoms with Crippen LogP contribution < -0.4 is 0 Å². The Morgan fingerprint density at radius 3 is 1.85 bits per heavy atom. The average molecular weight is 277 g/mol. The summed E-state index contributed by atoms with van der Waals surface area (Å²) in [7, 11) is 0. The fourth-order valence-electron chi connectivity index (χ4n) is 2.14. The monoisotopic (exact) mass is 277 g/mol. The molecule has 0 bridgehead atoms. The fourth-order valence-corrected chi connectivity index (χ4v) is 2.14. The number of carbonyl (C=O) groups is 2. The zero-order chi connectivity index (χ0) is 15.4. The van der Waals surface area contributed by atoms with Gasteiger partial charge in [-0.05, 0) is 44.4 Å². The maximum absolute atomic E-state index is 12.5. The molecule has 0 aliphatic heterocycles. The normalized spacial score (nSPS) is 12.6. The van der Waals surface area contributed by atoms with E-state index in [1.165, 1.54) is 11.8 Å². The van der Waals surface area contributed by atoms with Crippen molar-refractivity contribution < 1.29 is 14.7 Å². The standard InChI is InChI=1S/C16H23NO3/c1-10(2)13-6-8-14(9-7-13)15(18)17(11(3)4)12(5)16(19)20/h6-12H,1-5H3,(H,19,20). The third-order valence-electron chi connectivity index (χ3n) is 3.39. The van der Waals surface area contributed by atoms with Gasteiger partial charge in [-0.25, -0.2) is 4.79 Å². The first-order valence-electron chi connectivity index (χ1n) is 6.91. The highest BCUT2D eigenvalue weighted by Crippen LogP contribution is 2.17. The van der Waals surface area contributed by atoms with Crippen molar-refractivity contribution in [2.75, 3.05) is 0 Å². The van der Waals surface area contributed by atoms with E-state index < -0.39 is 12.0 Å². The Morgan fingerprint density at radius 2 is 1.50 bits per heavy atom. The third-order valence-corrected chi connectivity index (χ3v) is 3.39. The Balaban J connectivity index is 3.03. The molecule has 0 fully saturated rings. The summed E-state index contributed by atoms with van der Waals surface area (Å²) in [4.78, 5) is 25.0. The molecule has 0 aliphatic carbocycles. The maximum atomic E-state index is 12.5. The SMILES string of the molecule is CC(C)c1ccc(C(=O)N(C(C)C)C(C)C(=O)O)cc1. The van der Waals surface area contributed by atoms with Crippen LogP contribution in [0.2, 0.25) is 0 Å². The summed E-state index contributed by atoms with van der Waals surface area (Å²) in [5, 5.41) is 9.12. The summed E-state index contributed by atoms with van der Waals surface area (Å²) >= 11 is 0. The average Bonchev–Trinajstić information content (AvgIpc) is 2.38. The number of aliphatic carboxylic acids is 1. The van der Waals surface area contributed by atoms with E-state index in [4.69, 9.17) is 5.11 Å². The Morgan fingerprint density at radius 1 is 1.00 bits per heavy atom. The van der Waals surface area contributed by atoms with E-state index in [9.17, 15) is 9.59 Å². The first-order chi connectivity index (χ1) is 9.25. The Kier molecular flexibility index (Phi) is 5.31. The first kappa shape index (κ1) is 16.2. The van der Waals surface area contributed by atoms with E-state index in [-0.39, 0.29) is 11.9 Å². The van der Waals surface area contributed by atoms with E-state index in [0.29, 0.717) is 11.5 Å². The van der Waals surface area contributed by atoms with Gasteiger partial charge in [0.1, 0.15) is 6.04 Å². The topological polar surface area (TPSA) is 57.6 Å². The summed E-state index contributed by atoms with van der Waals surface area (Å²) in [6, 6.07) is 6.36. The van der Waals surface area contributed by atoms with Crippen molar-refractivity contribution >= 4 is 11.9 Å². The molecule has 0 aromatic heterocycles. The van der Waals surface area contributed by atoms with Crippen LogP contribution in [0.1, 0.15) is 56.5 Å². The number of benzene rings is 1. The van der Waals surface area contributed by atoms with Gasteiger partial charge in [0.05, 0.1) is 0 Å². The second-order valence-corrected chi connectivity index (χ2v) is 5.60. The van der Waals surface area contributed by atoms with Crippen LogP contribution in [0, 0.1) is 0 Å². The minimum Gasteiger partial charge on any atom is -0.480 e. The van der Waals surface area contributed by atoms with Gasteiger partial charge in [-0.2, -0.15) is 0 Å². The largest absolute Gasteiger partial charge is 0.480 e. The molecule has 0 saturated carbocycles. The van der Waals surface area contributed by atoms with Crippen LogP contribution in [0.25, 0.3) is 0 Å². The summed E-state index contributed by atoms with van der Waals surface area (Å²) < 4.78 is 0. The van der Waals surface area contributed by atoms with Gasteiger partial charge >= 0.3 is 5.97 Å². The highest BCUT2D eigenvalue weighted by molar-refractivity contribution is 5.96. The van der Waals surface area contributed by atoms with Gasteiger partial charge in [0.25, 0.3) is 5.91 Å². The van der Waals surface area contributed by atoms with Crippen molar-refractivity contribution in [2.45, 2.75) is 52.6 Å². The van der Waals surface area contributed by atoms with Crippen LogP contribution in [0.3, 0.4) is 0 Å². The summed E-state index contributed by atoms with van der Waals surface area (Å²) in [5.41, 5.74) is 1.68. The number of carboxylic acid groups (broad SMARTS) is 1. The summed E-state index contributed by atoms with van der Waals surface area (Å²) in [6.45, 7) is 9.34. The minimum atomic E-state index is -0.995. The first-order valence-corrected chi connectivity index (χ1v) is 6.91. The van der Waals surface area contributed by atoms with Crippen molar-refractivity contribution in [1.82, 2.24) is 4.90 Å². The van der Waals surface area contributed by atoms with E-state index in [0.717, 1.165) is 5.56 Å². The molecule has 1 aromatic rings. The van der Waals surface area contributed by atoms with Crippen molar-refractivity contribution in [1.29, 1.82) is 0 Å². The van der Waals surface area contributed by atoms with Crippen LogP contribution >= 0.6 is 0 Å². The predicted molar refractivity (Wildman–Crippen MR) is 78.9 cm³/mol. The number of carbonyl (C=O) groups excluding carboxylic acids is 1. The molecule has 1 atom stereocenters. The zero-order valence-electron chi connectivity index (χ0n) is 12.8. The lowest BCUT2D eigenvalue weighted by Gasteiger charge is -2.30. The molecule has 110 valence electrons. The van der Waals surface area contributed by atoms with Gasteiger partial charge in [0.2, 0.25) is 0 Å². The van der Waals surface area contributed by atoms with Gasteiger partial charge in [0.15, 0.2) is 0 Å². The molecule has 4 nitrogen and oxygen atoms in total. The molecule has 0 spiro atoms. The molecule has 0 aliphatic rings. The second-order valence-electron chi connectivity index (χ2n) is 5.60. The Bertz CT molecular complexity index is 477. The smallest absolute Gasteiger partial charge is 0.326 e.